The lowest BCUT2D eigenvalue weighted by Crippen LogP contribution is -2.44. The lowest BCUT2D eigenvalue weighted by molar-refractivity contribution is -0.163. The van der Waals surface area contributed by atoms with Crippen molar-refractivity contribution in [1.29, 1.82) is 0 Å². The van der Waals surface area contributed by atoms with E-state index in [1.165, 1.54) is 18.2 Å². The summed E-state index contributed by atoms with van der Waals surface area (Å²) in [6.45, 7) is 1.62. The number of aromatic hydroxyl groups is 1. The van der Waals surface area contributed by atoms with E-state index in [2.05, 4.69) is 0 Å². The molecular weight excluding hydrogens is 288 g/mol. The highest BCUT2D eigenvalue weighted by Gasteiger charge is 2.37. The van der Waals surface area contributed by atoms with Crippen molar-refractivity contribution in [3.8, 4) is 5.75 Å². The molecule has 1 fully saturated rings. The molecule has 0 amide bonds. The van der Waals surface area contributed by atoms with Crippen molar-refractivity contribution in [2.24, 2.45) is 0 Å². The Kier molecular flexibility index (Phi) is 3.60. The van der Waals surface area contributed by atoms with E-state index >= 15 is 0 Å². The second-order valence-electron chi connectivity index (χ2n) is 5.61. The predicted octanol–water partition coefficient (Wildman–Crippen LogP) is 0.899. The number of aliphatic hydroxyl groups is 2. The Morgan fingerprint density at radius 1 is 1.14 bits per heavy atom. The Hall–Kier alpha value is -2.02. The van der Waals surface area contributed by atoms with Gasteiger partial charge in [-0.05, 0) is 25.1 Å². The monoisotopic (exact) mass is 304 g/mol. The van der Waals surface area contributed by atoms with E-state index in [9.17, 15) is 24.9 Å². The molecule has 1 aliphatic carbocycles. The third-order valence-corrected chi connectivity index (χ3v) is 4.16. The molecule has 0 saturated carbocycles. The van der Waals surface area contributed by atoms with E-state index in [0.717, 1.165) is 6.08 Å². The van der Waals surface area contributed by atoms with Crippen molar-refractivity contribution < 1.29 is 29.6 Å². The maximum Gasteiger partial charge on any atom is 0.190 e. The lowest BCUT2D eigenvalue weighted by atomic mass is 9.88. The van der Waals surface area contributed by atoms with Crippen LogP contribution in [0.15, 0.2) is 24.3 Å². The molecule has 0 bridgehead atoms. The highest BCUT2D eigenvalue weighted by molar-refractivity contribution is 6.23. The van der Waals surface area contributed by atoms with Gasteiger partial charge in [-0.25, -0.2) is 0 Å². The van der Waals surface area contributed by atoms with Gasteiger partial charge in [0.25, 0.3) is 0 Å². The third-order valence-electron chi connectivity index (χ3n) is 4.16. The molecule has 3 rings (SSSR count). The normalized spacial score (nSPS) is 31.2. The summed E-state index contributed by atoms with van der Waals surface area (Å²) >= 11 is 0. The Morgan fingerprint density at radius 2 is 1.82 bits per heavy atom. The number of ether oxygens (including phenoxy) is 1. The van der Waals surface area contributed by atoms with Gasteiger partial charge in [0, 0.05) is 17.5 Å². The first-order valence-electron chi connectivity index (χ1n) is 7.04. The lowest BCUT2D eigenvalue weighted by Gasteiger charge is -2.36. The van der Waals surface area contributed by atoms with Crippen LogP contribution in [-0.2, 0) is 4.74 Å². The zero-order valence-electron chi connectivity index (χ0n) is 11.9. The SMILES string of the molecule is C[C@H]1O[C@@H](c2ccc3c(c2O)C(=O)C=CC3=O)C[C@@H](O)[C@@H]1O. The molecule has 0 radical (unpaired) electrons. The Bertz CT molecular complexity index is 665. The number of phenolic OH excluding ortho intramolecular Hbond substituents is 1. The standard InChI is InChI=1S/C16H16O6/c1-7-15(20)12(19)6-13(22-7)9-3-2-8-10(17)4-5-11(18)14(8)16(9)21/h2-5,7,12-13,15,19-21H,6H2,1H3/t7-,12-,13-,15-/m1/s1. The van der Waals surface area contributed by atoms with Crippen LogP contribution in [0.1, 0.15) is 45.7 Å². The molecule has 0 spiro atoms. The van der Waals surface area contributed by atoms with Crippen LogP contribution in [0.3, 0.4) is 0 Å². The number of fused-ring (bicyclic) bond motifs is 1. The molecule has 6 heteroatoms. The van der Waals surface area contributed by atoms with Crippen LogP contribution >= 0.6 is 0 Å². The second kappa shape index (κ2) is 5.31. The Balaban J connectivity index is 2.02. The number of carbonyl (C=O) groups excluding carboxylic acids is 2. The number of aliphatic hydroxyl groups excluding tert-OH is 2. The fourth-order valence-corrected chi connectivity index (χ4v) is 2.91. The minimum absolute atomic E-state index is 0.0399. The van der Waals surface area contributed by atoms with E-state index in [0.29, 0.717) is 5.56 Å². The number of hydrogen-bond acceptors (Lipinski definition) is 6. The fourth-order valence-electron chi connectivity index (χ4n) is 2.91. The first-order valence-corrected chi connectivity index (χ1v) is 7.04. The van der Waals surface area contributed by atoms with E-state index in [1.807, 2.05) is 0 Å². The minimum atomic E-state index is -0.998. The number of allylic oxidation sites excluding steroid dienone is 2. The summed E-state index contributed by atoms with van der Waals surface area (Å²) in [4.78, 5) is 23.7. The van der Waals surface area contributed by atoms with Gasteiger partial charge in [0.2, 0.25) is 0 Å². The molecule has 3 N–H and O–H groups in total. The molecule has 0 unspecified atom stereocenters. The van der Waals surface area contributed by atoms with Crippen molar-refractivity contribution in [1.82, 2.24) is 0 Å². The topological polar surface area (TPSA) is 104 Å². The second-order valence-corrected chi connectivity index (χ2v) is 5.61. The number of hydrogen-bond donors (Lipinski definition) is 3. The van der Waals surface area contributed by atoms with Crippen LogP contribution < -0.4 is 0 Å². The van der Waals surface area contributed by atoms with E-state index in [-0.39, 0.29) is 29.1 Å². The maximum absolute atomic E-state index is 11.9. The summed E-state index contributed by atoms with van der Waals surface area (Å²) in [5, 5.41) is 29.9. The van der Waals surface area contributed by atoms with Crippen LogP contribution in [0, 0.1) is 0 Å². The molecule has 6 nitrogen and oxygen atoms in total. The summed E-state index contributed by atoms with van der Waals surface area (Å²) < 4.78 is 5.60. The van der Waals surface area contributed by atoms with Crippen molar-refractivity contribution in [3.05, 3.63) is 41.0 Å². The predicted molar refractivity (Wildman–Crippen MR) is 75.8 cm³/mol. The molecule has 1 aromatic rings. The molecule has 4 atom stereocenters. The quantitative estimate of drug-likeness (QED) is 0.712. The van der Waals surface area contributed by atoms with Crippen LogP contribution in [0.4, 0.5) is 0 Å². The van der Waals surface area contributed by atoms with Gasteiger partial charge in [-0.2, -0.15) is 0 Å². The first kappa shape index (κ1) is 14.9. The molecule has 22 heavy (non-hydrogen) atoms. The smallest absolute Gasteiger partial charge is 0.190 e. The molecule has 0 aromatic heterocycles. The molecule has 1 saturated heterocycles. The number of phenols is 1. The molecule has 1 aliphatic heterocycles. The summed E-state index contributed by atoms with van der Waals surface area (Å²) in [6, 6.07) is 2.99. The van der Waals surface area contributed by atoms with Gasteiger partial charge in [-0.3, -0.25) is 9.59 Å². The van der Waals surface area contributed by atoms with E-state index < -0.39 is 30.2 Å². The molecular formula is C16H16O6. The number of benzene rings is 1. The summed E-state index contributed by atoms with van der Waals surface area (Å²) in [5.74, 6) is -1.09. The van der Waals surface area contributed by atoms with E-state index in [4.69, 9.17) is 4.74 Å². The molecule has 1 heterocycles. The van der Waals surface area contributed by atoms with E-state index in [1.54, 1.807) is 6.92 Å². The van der Waals surface area contributed by atoms with Crippen LogP contribution in [0.25, 0.3) is 0 Å². The molecule has 2 aliphatic rings. The Labute approximate surface area is 126 Å². The van der Waals surface area contributed by atoms with Crippen molar-refractivity contribution in [2.75, 3.05) is 0 Å². The highest BCUT2D eigenvalue weighted by atomic mass is 16.5. The number of carbonyl (C=O) groups is 2. The van der Waals surface area contributed by atoms with Gasteiger partial charge in [0.1, 0.15) is 11.9 Å². The van der Waals surface area contributed by atoms with Gasteiger partial charge in [-0.15, -0.1) is 0 Å². The first-order chi connectivity index (χ1) is 10.4. The average molecular weight is 304 g/mol. The van der Waals surface area contributed by atoms with Crippen molar-refractivity contribution in [3.63, 3.8) is 0 Å². The van der Waals surface area contributed by atoms with Gasteiger partial charge in [0.15, 0.2) is 11.6 Å². The van der Waals surface area contributed by atoms with Gasteiger partial charge >= 0.3 is 0 Å². The summed E-state index contributed by atoms with van der Waals surface area (Å²) in [7, 11) is 0. The average Bonchev–Trinajstić information content (AvgIpc) is 2.48. The zero-order chi connectivity index (χ0) is 16.0. The van der Waals surface area contributed by atoms with Crippen LogP contribution in [0.2, 0.25) is 0 Å². The minimum Gasteiger partial charge on any atom is -0.507 e. The van der Waals surface area contributed by atoms with Crippen LogP contribution in [-0.4, -0.2) is 45.2 Å². The summed E-state index contributed by atoms with van der Waals surface area (Å²) in [6.07, 6.45) is -0.867. The summed E-state index contributed by atoms with van der Waals surface area (Å²) in [5.41, 5.74) is 0.438. The van der Waals surface area contributed by atoms with Crippen molar-refractivity contribution in [2.45, 2.75) is 37.8 Å². The zero-order valence-corrected chi connectivity index (χ0v) is 11.9. The molecule has 116 valence electrons. The number of ketones is 2. The van der Waals surface area contributed by atoms with Gasteiger partial charge in [0.05, 0.1) is 23.9 Å². The molecule has 1 aromatic carbocycles. The maximum atomic E-state index is 11.9. The largest absolute Gasteiger partial charge is 0.507 e. The van der Waals surface area contributed by atoms with Crippen LogP contribution in [0.5, 0.6) is 5.75 Å². The Morgan fingerprint density at radius 3 is 2.50 bits per heavy atom. The highest BCUT2D eigenvalue weighted by Crippen LogP contribution is 2.39. The van der Waals surface area contributed by atoms with Gasteiger partial charge in [-0.1, -0.05) is 6.07 Å². The van der Waals surface area contributed by atoms with Crippen molar-refractivity contribution >= 4 is 11.6 Å². The number of rotatable bonds is 1. The van der Waals surface area contributed by atoms with Gasteiger partial charge < -0.3 is 20.1 Å². The third kappa shape index (κ3) is 2.25. The fraction of sp³-hybridized carbons (Fsp3) is 0.375.